The van der Waals surface area contributed by atoms with Gasteiger partial charge >= 0.3 is 0 Å². The molecule has 2 N–H and O–H groups in total. The Bertz CT molecular complexity index is 835. The molecule has 7 heteroatoms. The van der Waals surface area contributed by atoms with Gasteiger partial charge in [0, 0.05) is 37.8 Å². The smallest absolute Gasteiger partial charge is 0.212 e. The molecule has 4 rings (SSSR count). The summed E-state index contributed by atoms with van der Waals surface area (Å²) in [7, 11) is 3.42. The number of ether oxygens (including phenoxy) is 2. The van der Waals surface area contributed by atoms with E-state index in [1.54, 1.807) is 14.2 Å². The summed E-state index contributed by atoms with van der Waals surface area (Å²) in [5.74, 6) is 2.40. The van der Waals surface area contributed by atoms with Crippen LogP contribution in [0.3, 0.4) is 0 Å². The Morgan fingerprint density at radius 2 is 2.03 bits per heavy atom. The second-order valence-electron chi connectivity index (χ2n) is 7.57. The van der Waals surface area contributed by atoms with Crippen LogP contribution in [0.1, 0.15) is 49.3 Å². The molecule has 0 bridgehead atoms. The molecule has 1 spiro atoms. The van der Waals surface area contributed by atoms with Crippen molar-refractivity contribution in [1.82, 2.24) is 15.6 Å². The van der Waals surface area contributed by atoms with Gasteiger partial charge in [-0.05, 0) is 37.3 Å². The van der Waals surface area contributed by atoms with Crippen molar-refractivity contribution in [3.8, 4) is 11.6 Å². The fraction of sp³-hybridized carbons (Fsp3) is 0.455. The van der Waals surface area contributed by atoms with E-state index in [0.717, 1.165) is 36.5 Å². The van der Waals surface area contributed by atoms with Crippen LogP contribution in [0.25, 0.3) is 0 Å². The molecule has 1 saturated carbocycles. The van der Waals surface area contributed by atoms with Crippen molar-refractivity contribution in [2.45, 2.75) is 50.3 Å². The number of guanidine groups is 1. The molecule has 156 valence electrons. The average molecular weight is 508 g/mol. The third kappa shape index (κ3) is 4.94. The first-order valence-electron chi connectivity index (χ1n) is 9.95. The second-order valence-corrected chi connectivity index (χ2v) is 7.57. The number of nitrogens with one attached hydrogen (secondary N) is 2. The molecule has 1 aromatic heterocycles. The molecule has 1 fully saturated rings. The molecular weight excluding hydrogens is 479 g/mol. The van der Waals surface area contributed by atoms with Crippen LogP contribution in [0.5, 0.6) is 11.6 Å². The van der Waals surface area contributed by atoms with Crippen molar-refractivity contribution in [2.75, 3.05) is 14.2 Å². The number of halogens is 1. The van der Waals surface area contributed by atoms with Crippen LogP contribution >= 0.6 is 24.0 Å². The van der Waals surface area contributed by atoms with Gasteiger partial charge in [-0.15, -0.1) is 24.0 Å². The van der Waals surface area contributed by atoms with E-state index in [9.17, 15) is 0 Å². The van der Waals surface area contributed by atoms with E-state index in [1.807, 2.05) is 24.4 Å². The Balaban J connectivity index is 0.00000240. The summed E-state index contributed by atoms with van der Waals surface area (Å²) in [5.41, 5.74) is 2.24. The minimum atomic E-state index is -0.0369. The van der Waals surface area contributed by atoms with Gasteiger partial charge in [-0.2, -0.15) is 0 Å². The number of hydrogen-bond donors (Lipinski definition) is 2. The fourth-order valence-corrected chi connectivity index (χ4v) is 4.25. The summed E-state index contributed by atoms with van der Waals surface area (Å²) >= 11 is 0. The van der Waals surface area contributed by atoms with Gasteiger partial charge in [0.15, 0.2) is 5.96 Å². The van der Waals surface area contributed by atoms with Gasteiger partial charge in [0.2, 0.25) is 5.88 Å². The third-order valence-corrected chi connectivity index (χ3v) is 5.71. The number of pyridine rings is 1. The lowest BCUT2D eigenvalue weighted by Crippen LogP contribution is -2.46. The van der Waals surface area contributed by atoms with Gasteiger partial charge < -0.3 is 20.1 Å². The highest BCUT2D eigenvalue weighted by molar-refractivity contribution is 14.0. The summed E-state index contributed by atoms with van der Waals surface area (Å²) in [4.78, 5) is 8.68. The molecule has 0 amide bonds. The minimum absolute atomic E-state index is 0. The molecule has 1 aromatic carbocycles. The van der Waals surface area contributed by atoms with Crippen LogP contribution in [0.2, 0.25) is 0 Å². The summed E-state index contributed by atoms with van der Waals surface area (Å²) < 4.78 is 11.6. The van der Waals surface area contributed by atoms with Gasteiger partial charge in [0.1, 0.15) is 11.4 Å². The molecule has 2 aliphatic rings. The Morgan fingerprint density at radius 3 is 2.72 bits per heavy atom. The molecule has 6 nitrogen and oxygen atoms in total. The quantitative estimate of drug-likeness (QED) is 0.368. The first-order chi connectivity index (χ1) is 13.7. The molecule has 1 aliphatic heterocycles. The molecule has 0 saturated heterocycles. The number of fused-ring (bicyclic) bond motifs is 1. The Hall–Kier alpha value is -2.03. The Kier molecular flexibility index (Phi) is 7.21. The number of hydrogen-bond acceptors (Lipinski definition) is 4. The number of methoxy groups -OCH3 is 1. The molecule has 2 aromatic rings. The van der Waals surface area contributed by atoms with Crippen LogP contribution < -0.4 is 20.1 Å². The van der Waals surface area contributed by atoms with E-state index < -0.39 is 0 Å². The van der Waals surface area contributed by atoms with Gasteiger partial charge in [-0.25, -0.2) is 4.98 Å². The lowest BCUT2D eigenvalue weighted by molar-refractivity contribution is 0.0396. The third-order valence-electron chi connectivity index (χ3n) is 5.71. The Labute approximate surface area is 189 Å². The van der Waals surface area contributed by atoms with Gasteiger partial charge in [0.05, 0.1) is 13.2 Å². The van der Waals surface area contributed by atoms with Crippen LogP contribution in [-0.2, 0) is 6.54 Å². The fourth-order valence-electron chi connectivity index (χ4n) is 4.25. The van der Waals surface area contributed by atoms with Crippen molar-refractivity contribution in [1.29, 1.82) is 0 Å². The molecule has 0 radical (unpaired) electrons. The van der Waals surface area contributed by atoms with Crippen molar-refractivity contribution < 1.29 is 9.47 Å². The van der Waals surface area contributed by atoms with Crippen LogP contribution in [0, 0.1) is 0 Å². The molecule has 29 heavy (non-hydrogen) atoms. The molecular formula is C22H29IN4O2. The van der Waals surface area contributed by atoms with Crippen molar-refractivity contribution in [3.63, 3.8) is 0 Å². The number of para-hydroxylation sites is 1. The average Bonchev–Trinajstić information content (AvgIpc) is 3.18. The minimum Gasteiger partial charge on any atom is -0.487 e. The number of rotatable bonds is 4. The highest BCUT2D eigenvalue weighted by atomic mass is 127. The number of aromatic nitrogens is 1. The maximum absolute atomic E-state index is 6.46. The van der Waals surface area contributed by atoms with E-state index in [2.05, 4.69) is 38.8 Å². The number of nitrogens with zero attached hydrogens (tertiary/aromatic N) is 2. The van der Waals surface area contributed by atoms with Gasteiger partial charge in [0.25, 0.3) is 0 Å². The largest absolute Gasteiger partial charge is 0.487 e. The zero-order valence-electron chi connectivity index (χ0n) is 17.0. The topological polar surface area (TPSA) is 67.8 Å². The molecule has 1 unspecified atom stereocenters. The van der Waals surface area contributed by atoms with Crippen molar-refractivity contribution in [2.24, 2.45) is 4.99 Å². The van der Waals surface area contributed by atoms with Crippen LogP contribution in [0.4, 0.5) is 0 Å². The lowest BCUT2D eigenvalue weighted by Gasteiger charge is -2.40. The second kappa shape index (κ2) is 9.65. The van der Waals surface area contributed by atoms with Gasteiger partial charge in [-0.3, -0.25) is 4.99 Å². The summed E-state index contributed by atoms with van der Waals surface area (Å²) in [6.07, 6.45) is 7.52. The SMILES string of the molecule is CN=C(NCc1ccc(OC)nc1)NC1CC2(CCCC2)Oc2ccccc21.I. The predicted octanol–water partition coefficient (Wildman–Crippen LogP) is 4.21. The number of benzene rings is 1. The first kappa shape index (κ1) is 21.7. The molecule has 2 heterocycles. The maximum atomic E-state index is 6.46. The summed E-state index contributed by atoms with van der Waals surface area (Å²) in [6, 6.07) is 12.4. The zero-order valence-corrected chi connectivity index (χ0v) is 19.3. The maximum Gasteiger partial charge on any atom is 0.212 e. The highest BCUT2D eigenvalue weighted by Gasteiger charge is 2.43. The van der Waals surface area contributed by atoms with Gasteiger partial charge in [-0.1, -0.05) is 24.3 Å². The number of aliphatic imine (C=N–C) groups is 1. The van der Waals surface area contributed by atoms with Crippen LogP contribution in [0.15, 0.2) is 47.6 Å². The van der Waals surface area contributed by atoms with Crippen molar-refractivity contribution >= 4 is 29.9 Å². The van der Waals surface area contributed by atoms with E-state index >= 15 is 0 Å². The molecule has 1 aliphatic carbocycles. The monoisotopic (exact) mass is 508 g/mol. The van der Waals surface area contributed by atoms with E-state index in [4.69, 9.17) is 9.47 Å². The molecule has 1 atom stereocenters. The normalized spacial score (nSPS) is 19.7. The lowest BCUT2D eigenvalue weighted by atomic mass is 9.86. The highest BCUT2D eigenvalue weighted by Crippen LogP contribution is 2.46. The van der Waals surface area contributed by atoms with E-state index in [-0.39, 0.29) is 35.6 Å². The zero-order chi connectivity index (χ0) is 19.4. The standard InChI is InChI=1S/C22H28N4O2.HI/c1-23-21(25-15-16-9-10-20(27-2)24-14-16)26-18-13-22(11-5-6-12-22)28-19-8-4-3-7-17(18)19;/h3-4,7-10,14,18H,5-6,11-13,15H2,1-2H3,(H2,23,25,26);1H. The summed E-state index contributed by atoms with van der Waals surface area (Å²) in [6.45, 7) is 0.646. The Morgan fingerprint density at radius 1 is 1.24 bits per heavy atom. The van der Waals surface area contributed by atoms with E-state index in [1.165, 1.54) is 18.4 Å². The summed E-state index contributed by atoms with van der Waals surface area (Å²) in [5, 5.41) is 7.02. The van der Waals surface area contributed by atoms with Crippen molar-refractivity contribution in [3.05, 3.63) is 53.7 Å². The van der Waals surface area contributed by atoms with E-state index in [0.29, 0.717) is 12.4 Å². The first-order valence-corrected chi connectivity index (χ1v) is 9.95. The van der Waals surface area contributed by atoms with Crippen LogP contribution in [-0.4, -0.2) is 30.7 Å². The predicted molar refractivity (Wildman–Crippen MR) is 125 cm³/mol.